The maximum atomic E-state index is 13.8. The summed E-state index contributed by atoms with van der Waals surface area (Å²) in [5, 5.41) is 13.5. The van der Waals surface area contributed by atoms with E-state index in [1.165, 1.54) is 0 Å². The monoisotopic (exact) mass is 620 g/mol. The quantitative estimate of drug-likeness (QED) is 0.293. The van der Waals surface area contributed by atoms with Crippen molar-refractivity contribution in [1.29, 1.82) is 0 Å². The third-order valence-electron chi connectivity index (χ3n) is 10.4. The molecule has 0 saturated heterocycles. The normalized spacial score (nSPS) is 32.8. The molecule has 1 heterocycles. The van der Waals surface area contributed by atoms with Crippen LogP contribution in [0.5, 0.6) is 5.75 Å². The lowest BCUT2D eigenvalue weighted by Gasteiger charge is -2.55. The van der Waals surface area contributed by atoms with E-state index in [9.17, 15) is 19.5 Å². The number of hydrogen-bond acceptors (Lipinski definition) is 7. The summed E-state index contributed by atoms with van der Waals surface area (Å²) in [4.78, 5) is 41.1. The molecule has 3 aliphatic carbocycles. The molecule has 0 spiro atoms. The van der Waals surface area contributed by atoms with Gasteiger partial charge in [-0.1, -0.05) is 19.4 Å². The number of allylic oxidation sites excluding steroid dienone is 1. The Balaban J connectivity index is 1.20. The van der Waals surface area contributed by atoms with Crippen molar-refractivity contribution in [2.45, 2.75) is 64.6 Å². The first kappa shape index (κ1) is 31.1. The molecule has 0 aromatic heterocycles. The molecule has 4 aliphatic rings. The number of nitrogens with zero attached hydrogens (tertiary/aromatic N) is 1. The second-order valence-corrected chi connectivity index (χ2v) is 13.5. The van der Waals surface area contributed by atoms with Crippen LogP contribution >= 0.6 is 23.2 Å². The van der Waals surface area contributed by atoms with Crippen molar-refractivity contribution in [3.8, 4) is 5.75 Å². The largest absolute Gasteiger partial charge is 0.490 e. The van der Waals surface area contributed by atoms with E-state index in [2.05, 4.69) is 24.1 Å². The number of anilines is 1. The van der Waals surface area contributed by atoms with E-state index in [4.69, 9.17) is 32.7 Å². The minimum Gasteiger partial charge on any atom is -0.490 e. The Labute approximate surface area is 258 Å². The third-order valence-corrected chi connectivity index (χ3v) is 10.8. The lowest BCUT2D eigenvalue weighted by molar-refractivity contribution is -0.173. The zero-order chi connectivity index (χ0) is 30.1. The van der Waals surface area contributed by atoms with Crippen molar-refractivity contribution < 1.29 is 29.0 Å². The third kappa shape index (κ3) is 5.91. The number of aliphatic hydroxyl groups is 1. The molecule has 42 heavy (non-hydrogen) atoms. The van der Waals surface area contributed by atoms with Gasteiger partial charge >= 0.3 is 5.97 Å². The first-order chi connectivity index (χ1) is 20.1. The van der Waals surface area contributed by atoms with Crippen LogP contribution in [-0.4, -0.2) is 73.0 Å². The number of fused-ring (bicyclic) bond motifs is 5. The number of hydrogen-bond donors (Lipinski definition) is 2. The average Bonchev–Trinajstić information content (AvgIpc) is 3.18. The molecule has 3 fully saturated rings. The van der Waals surface area contributed by atoms with Crippen LogP contribution in [0.15, 0.2) is 35.9 Å². The summed E-state index contributed by atoms with van der Waals surface area (Å²) in [5.41, 5.74) is 1.25. The van der Waals surface area contributed by atoms with Crippen LogP contribution in [0.3, 0.4) is 0 Å². The fourth-order valence-electron chi connectivity index (χ4n) is 8.33. The first-order valence-electron chi connectivity index (χ1n) is 15.1. The minimum absolute atomic E-state index is 0.0659. The topological polar surface area (TPSA) is 105 Å². The Morgan fingerprint density at radius 1 is 1.12 bits per heavy atom. The number of ketones is 1. The number of aliphatic hydroxyl groups excluding tert-OH is 1. The van der Waals surface area contributed by atoms with E-state index in [-0.39, 0.29) is 41.5 Å². The second-order valence-electron chi connectivity index (χ2n) is 12.8. The number of Topliss-reactive ketones (excluding diaryl/α,β-unsaturated/α-hetero) is 1. The van der Waals surface area contributed by atoms with Gasteiger partial charge in [0.2, 0.25) is 5.91 Å². The summed E-state index contributed by atoms with van der Waals surface area (Å²) in [6.07, 6.45) is 4.14. The summed E-state index contributed by atoms with van der Waals surface area (Å²) < 4.78 is 11.6. The van der Waals surface area contributed by atoms with Gasteiger partial charge in [-0.15, -0.1) is 23.2 Å². The maximum Gasteiger partial charge on any atom is 0.338 e. The van der Waals surface area contributed by atoms with Crippen LogP contribution in [0, 0.1) is 28.6 Å². The Hall–Kier alpha value is -2.29. The number of carbonyl (C=O) groups excluding carboxylic acids is 3. The highest BCUT2D eigenvalue weighted by atomic mass is 35.5. The molecule has 3 saturated carbocycles. The Morgan fingerprint density at radius 2 is 1.83 bits per heavy atom. The Kier molecular flexibility index (Phi) is 9.45. The van der Waals surface area contributed by atoms with Crippen LogP contribution in [0.25, 0.3) is 0 Å². The molecule has 1 aromatic rings. The van der Waals surface area contributed by atoms with Gasteiger partial charge in [-0.2, -0.15) is 0 Å². The number of esters is 1. The first-order valence-corrected chi connectivity index (χ1v) is 16.2. The van der Waals surface area contributed by atoms with Gasteiger partial charge in [0.1, 0.15) is 24.2 Å². The molecular formula is C32H42Cl2N2O6. The van der Waals surface area contributed by atoms with Crippen LogP contribution in [0.4, 0.5) is 5.69 Å². The molecule has 8 nitrogen and oxygen atoms in total. The van der Waals surface area contributed by atoms with Crippen molar-refractivity contribution in [1.82, 2.24) is 5.32 Å². The number of alkyl halides is 2. The van der Waals surface area contributed by atoms with E-state index >= 15 is 0 Å². The summed E-state index contributed by atoms with van der Waals surface area (Å²) >= 11 is 11.8. The molecule has 7 atom stereocenters. The van der Waals surface area contributed by atoms with Gasteiger partial charge in [0.25, 0.3) is 0 Å². The van der Waals surface area contributed by atoms with Crippen molar-refractivity contribution in [3.63, 3.8) is 0 Å². The highest BCUT2D eigenvalue weighted by molar-refractivity contribution is 6.18. The van der Waals surface area contributed by atoms with Gasteiger partial charge in [-0.25, -0.2) is 4.79 Å². The van der Waals surface area contributed by atoms with E-state index < -0.39 is 23.6 Å². The zero-order valence-electron chi connectivity index (χ0n) is 24.5. The van der Waals surface area contributed by atoms with Gasteiger partial charge in [0.05, 0.1) is 0 Å². The van der Waals surface area contributed by atoms with Crippen LogP contribution in [-0.2, 0) is 19.1 Å². The molecule has 230 valence electrons. The molecule has 1 amide bonds. The molecule has 5 rings (SSSR count). The summed E-state index contributed by atoms with van der Waals surface area (Å²) in [6.45, 7) is 5.90. The molecule has 1 aliphatic heterocycles. The summed E-state index contributed by atoms with van der Waals surface area (Å²) in [5.74, 6) is 1.21. The number of rotatable bonds is 10. The van der Waals surface area contributed by atoms with Gasteiger partial charge in [0.15, 0.2) is 6.10 Å². The average molecular weight is 622 g/mol. The standard InChI is InChI=1S/C32H42Cl2N2O6/c1-31-11-14-35-28(39)17-20(31)3-8-23-24-9-10-27(32(24,2)18-25(37)29(23)31)42-30(40)26(38)19-41-22-6-4-21(5-7-22)36(15-12-33)16-13-34/h4-7,17,23-24,26-27,29,38H,3,8-16,18-19H2,1-2H3,(H,35,39)/t23-,24-,26-,27-,29+,31-,32-/m0/s1. The molecule has 0 unspecified atom stereocenters. The van der Waals surface area contributed by atoms with Gasteiger partial charge in [-0.3, -0.25) is 9.59 Å². The predicted octanol–water partition coefficient (Wildman–Crippen LogP) is 4.49. The molecule has 0 radical (unpaired) electrons. The van der Waals surface area contributed by atoms with Gasteiger partial charge < -0.3 is 24.8 Å². The van der Waals surface area contributed by atoms with E-state index in [0.29, 0.717) is 50.0 Å². The smallest absolute Gasteiger partial charge is 0.338 e. The number of carbonyl (C=O) groups is 3. The number of benzene rings is 1. The predicted molar refractivity (Wildman–Crippen MR) is 162 cm³/mol. The van der Waals surface area contributed by atoms with Crippen molar-refractivity contribution in [2.75, 3.05) is 42.9 Å². The SMILES string of the molecule is C[C@]12CC(=O)[C@H]3[C@@H](CCC4=CC(=O)NCC[C@@]43C)[C@@H]1CC[C@@H]2OC(=O)[C@@H](O)COc1ccc(N(CCCl)CCCl)cc1. The highest BCUT2D eigenvalue weighted by Gasteiger charge is 2.63. The van der Waals surface area contributed by atoms with Crippen LogP contribution in [0.2, 0.25) is 0 Å². The Morgan fingerprint density at radius 3 is 2.52 bits per heavy atom. The van der Waals surface area contributed by atoms with Crippen molar-refractivity contribution in [3.05, 3.63) is 35.9 Å². The van der Waals surface area contributed by atoms with Crippen molar-refractivity contribution in [2.24, 2.45) is 28.6 Å². The fraction of sp³-hybridized carbons (Fsp3) is 0.656. The van der Waals surface area contributed by atoms with Gasteiger partial charge in [-0.05, 0) is 68.2 Å². The Bertz CT molecular complexity index is 1200. The van der Waals surface area contributed by atoms with Crippen molar-refractivity contribution >= 4 is 46.5 Å². The lowest BCUT2D eigenvalue weighted by Crippen LogP contribution is -2.55. The van der Waals surface area contributed by atoms with E-state index in [1.807, 2.05) is 12.1 Å². The zero-order valence-corrected chi connectivity index (χ0v) is 26.0. The van der Waals surface area contributed by atoms with Gasteiger partial charge in [0, 0.05) is 66.3 Å². The second kappa shape index (κ2) is 12.7. The molecular weight excluding hydrogens is 579 g/mol. The molecule has 1 aromatic carbocycles. The number of amides is 1. The fourth-order valence-corrected chi connectivity index (χ4v) is 8.74. The maximum absolute atomic E-state index is 13.8. The van der Waals surface area contributed by atoms with Crippen LogP contribution < -0.4 is 15.0 Å². The van der Waals surface area contributed by atoms with Crippen LogP contribution in [0.1, 0.15) is 52.4 Å². The van der Waals surface area contributed by atoms with E-state index in [0.717, 1.165) is 36.9 Å². The number of ether oxygens (including phenoxy) is 2. The van der Waals surface area contributed by atoms with E-state index in [1.54, 1.807) is 18.2 Å². The number of nitrogens with one attached hydrogen (secondary N) is 1. The highest BCUT2D eigenvalue weighted by Crippen LogP contribution is 2.64. The molecule has 2 N–H and O–H groups in total. The molecule has 0 bridgehead atoms. The summed E-state index contributed by atoms with van der Waals surface area (Å²) in [6, 6.07) is 7.34. The minimum atomic E-state index is -1.44. The molecule has 10 heteroatoms. The number of halogens is 2. The lowest BCUT2D eigenvalue weighted by atomic mass is 9.48. The summed E-state index contributed by atoms with van der Waals surface area (Å²) in [7, 11) is 0.